The van der Waals surface area contributed by atoms with Gasteiger partial charge in [-0.1, -0.05) is 41.7 Å². The Morgan fingerprint density at radius 2 is 2.12 bits per heavy atom. The number of hydrogen-bond acceptors (Lipinski definition) is 4. The summed E-state index contributed by atoms with van der Waals surface area (Å²) >= 11 is 1.28. The van der Waals surface area contributed by atoms with Gasteiger partial charge >= 0.3 is 4.87 Å². The zero-order valence-corrected chi connectivity index (χ0v) is 14.4. The summed E-state index contributed by atoms with van der Waals surface area (Å²) in [5, 5.41) is 1.93. The van der Waals surface area contributed by atoms with Crippen LogP contribution in [-0.4, -0.2) is 32.5 Å². The van der Waals surface area contributed by atoms with Crippen molar-refractivity contribution in [3.05, 3.63) is 74.4 Å². The lowest BCUT2D eigenvalue weighted by atomic mass is 9.96. The molecule has 1 N–H and O–H groups in total. The number of nitrogens with zero attached hydrogens (tertiary/aromatic N) is 3. The van der Waals surface area contributed by atoms with Crippen LogP contribution in [0, 0.1) is 6.92 Å². The number of hydrogen-bond donors (Lipinski definition) is 1. The summed E-state index contributed by atoms with van der Waals surface area (Å²) in [4.78, 5) is 22.4. The van der Waals surface area contributed by atoms with Gasteiger partial charge in [-0.2, -0.15) is 0 Å². The van der Waals surface area contributed by atoms with Crippen molar-refractivity contribution < 1.29 is 0 Å². The molecule has 0 spiro atoms. The fourth-order valence-electron chi connectivity index (χ4n) is 3.47. The molecule has 1 aromatic carbocycles. The third-order valence-corrected chi connectivity index (χ3v) is 5.61. The molecule has 1 aliphatic heterocycles. The van der Waals surface area contributed by atoms with Crippen LogP contribution in [0.3, 0.4) is 0 Å². The Kier molecular flexibility index (Phi) is 4.08. The minimum atomic E-state index is 0.126. The number of H-pyrrole nitrogens is 1. The van der Waals surface area contributed by atoms with E-state index in [1.54, 1.807) is 6.33 Å². The monoisotopic (exact) mass is 340 g/mol. The second-order valence-corrected chi connectivity index (χ2v) is 6.98. The fourth-order valence-corrected chi connectivity index (χ4v) is 4.23. The molecule has 0 radical (unpaired) electrons. The van der Waals surface area contributed by atoms with Gasteiger partial charge in [0.15, 0.2) is 0 Å². The molecule has 124 valence electrons. The predicted molar refractivity (Wildman–Crippen MR) is 95.5 cm³/mol. The highest BCUT2D eigenvalue weighted by Gasteiger charge is 2.30. The van der Waals surface area contributed by atoms with Gasteiger partial charge in [0.25, 0.3) is 0 Å². The number of nitrogens with one attached hydrogen (secondary N) is 1. The van der Waals surface area contributed by atoms with Gasteiger partial charge < -0.3 is 9.55 Å². The average Bonchev–Trinajstić information content (AvgIpc) is 3.20. The van der Waals surface area contributed by atoms with Crippen LogP contribution in [0.2, 0.25) is 0 Å². The third kappa shape index (κ3) is 2.72. The van der Waals surface area contributed by atoms with Gasteiger partial charge in [0, 0.05) is 42.8 Å². The van der Waals surface area contributed by atoms with Crippen molar-refractivity contribution in [1.29, 1.82) is 0 Å². The first-order valence-electron chi connectivity index (χ1n) is 8.20. The first kappa shape index (κ1) is 15.4. The molecule has 4 rings (SSSR count). The summed E-state index contributed by atoms with van der Waals surface area (Å²) in [7, 11) is 0. The minimum Gasteiger partial charge on any atom is -0.348 e. The van der Waals surface area contributed by atoms with Crippen molar-refractivity contribution in [2.75, 3.05) is 13.1 Å². The highest BCUT2D eigenvalue weighted by atomic mass is 32.1. The SMILES string of the molecule is Cc1csc(=O)n1CCN1CCc2[nH]cnc2C1c1ccccc1. The summed E-state index contributed by atoms with van der Waals surface area (Å²) in [5.41, 5.74) is 4.63. The summed E-state index contributed by atoms with van der Waals surface area (Å²) in [6.07, 6.45) is 2.76. The van der Waals surface area contributed by atoms with Crippen LogP contribution in [0.25, 0.3) is 0 Å². The van der Waals surface area contributed by atoms with E-state index in [0.29, 0.717) is 0 Å². The Labute approximate surface area is 144 Å². The molecule has 3 aromatic rings. The van der Waals surface area contributed by atoms with Crippen molar-refractivity contribution in [2.45, 2.75) is 25.9 Å². The zero-order valence-electron chi connectivity index (χ0n) is 13.6. The molecule has 2 aromatic heterocycles. The standard InChI is InChI=1S/C18H20N4OS/c1-13-11-24-18(23)22(13)10-9-21-8-7-15-16(20-12-19-15)17(21)14-5-3-2-4-6-14/h2-6,11-12,17H,7-10H2,1H3,(H,19,20). The number of imidazole rings is 1. The third-order valence-electron chi connectivity index (χ3n) is 4.73. The highest BCUT2D eigenvalue weighted by molar-refractivity contribution is 7.07. The Bertz CT molecular complexity index is 880. The van der Waals surface area contributed by atoms with E-state index in [4.69, 9.17) is 0 Å². The summed E-state index contributed by atoms with van der Waals surface area (Å²) in [6, 6.07) is 10.6. The van der Waals surface area contributed by atoms with E-state index in [9.17, 15) is 4.79 Å². The molecule has 6 heteroatoms. The van der Waals surface area contributed by atoms with Crippen molar-refractivity contribution in [2.24, 2.45) is 0 Å². The van der Waals surface area contributed by atoms with Gasteiger partial charge in [-0.05, 0) is 12.5 Å². The normalized spacial score (nSPS) is 17.8. The molecule has 1 unspecified atom stereocenters. The first-order chi connectivity index (χ1) is 11.7. The topological polar surface area (TPSA) is 53.9 Å². The van der Waals surface area contributed by atoms with Crippen molar-refractivity contribution in [3.63, 3.8) is 0 Å². The van der Waals surface area contributed by atoms with E-state index < -0.39 is 0 Å². The molecule has 3 heterocycles. The molecule has 0 fully saturated rings. The molecule has 1 atom stereocenters. The minimum absolute atomic E-state index is 0.126. The first-order valence-corrected chi connectivity index (χ1v) is 9.08. The van der Waals surface area contributed by atoms with Gasteiger partial charge in [0.2, 0.25) is 0 Å². The average molecular weight is 340 g/mol. The lowest BCUT2D eigenvalue weighted by Crippen LogP contribution is -2.39. The predicted octanol–water partition coefficient (Wildman–Crippen LogP) is 2.59. The molecular formula is C18H20N4OS. The second-order valence-electron chi connectivity index (χ2n) is 6.16. The maximum absolute atomic E-state index is 12.0. The summed E-state index contributed by atoms with van der Waals surface area (Å²) < 4.78 is 1.87. The highest BCUT2D eigenvalue weighted by Crippen LogP contribution is 2.32. The van der Waals surface area contributed by atoms with Crippen LogP contribution < -0.4 is 4.87 Å². The lowest BCUT2D eigenvalue weighted by Gasteiger charge is -2.35. The second kappa shape index (κ2) is 6.37. The molecule has 24 heavy (non-hydrogen) atoms. The Morgan fingerprint density at radius 1 is 1.29 bits per heavy atom. The lowest BCUT2D eigenvalue weighted by molar-refractivity contribution is 0.200. The quantitative estimate of drug-likeness (QED) is 0.794. The number of benzene rings is 1. The Balaban J connectivity index is 1.63. The summed E-state index contributed by atoms with van der Waals surface area (Å²) in [6.45, 7) is 4.52. The van der Waals surface area contributed by atoms with Crippen molar-refractivity contribution >= 4 is 11.3 Å². The maximum Gasteiger partial charge on any atom is 0.307 e. The van der Waals surface area contributed by atoms with E-state index in [1.165, 1.54) is 22.6 Å². The summed E-state index contributed by atoms with van der Waals surface area (Å²) in [5.74, 6) is 0. The van der Waals surface area contributed by atoms with Crippen LogP contribution in [0.5, 0.6) is 0 Å². The van der Waals surface area contributed by atoms with Gasteiger partial charge in [-0.25, -0.2) is 4.98 Å². The molecule has 0 bridgehead atoms. The molecule has 0 amide bonds. The van der Waals surface area contributed by atoms with Gasteiger partial charge in [-0.3, -0.25) is 9.69 Å². The molecule has 1 aliphatic rings. The zero-order chi connectivity index (χ0) is 16.5. The maximum atomic E-state index is 12.0. The molecule has 0 aliphatic carbocycles. The van der Waals surface area contributed by atoms with E-state index in [-0.39, 0.29) is 10.9 Å². The van der Waals surface area contributed by atoms with E-state index in [1.807, 2.05) is 22.9 Å². The van der Waals surface area contributed by atoms with Crippen LogP contribution >= 0.6 is 11.3 Å². The van der Waals surface area contributed by atoms with E-state index in [0.717, 1.165) is 37.4 Å². The van der Waals surface area contributed by atoms with Crippen LogP contribution in [0.1, 0.15) is 28.7 Å². The van der Waals surface area contributed by atoms with E-state index >= 15 is 0 Å². The number of aromatic amines is 1. The number of aryl methyl sites for hydroxylation is 1. The fraction of sp³-hybridized carbons (Fsp3) is 0.333. The van der Waals surface area contributed by atoms with Crippen LogP contribution in [-0.2, 0) is 13.0 Å². The number of fused-ring (bicyclic) bond motifs is 1. The number of thiazole rings is 1. The van der Waals surface area contributed by atoms with Gasteiger partial charge in [0.05, 0.1) is 18.1 Å². The molecular weight excluding hydrogens is 320 g/mol. The smallest absolute Gasteiger partial charge is 0.307 e. The molecule has 5 nitrogen and oxygen atoms in total. The largest absolute Gasteiger partial charge is 0.348 e. The Hall–Kier alpha value is -2.18. The molecule has 0 saturated carbocycles. The van der Waals surface area contributed by atoms with Crippen LogP contribution in [0.4, 0.5) is 0 Å². The Morgan fingerprint density at radius 3 is 2.88 bits per heavy atom. The van der Waals surface area contributed by atoms with Gasteiger partial charge in [-0.15, -0.1) is 0 Å². The van der Waals surface area contributed by atoms with Crippen molar-refractivity contribution in [1.82, 2.24) is 19.4 Å². The van der Waals surface area contributed by atoms with Gasteiger partial charge in [0.1, 0.15) is 0 Å². The number of rotatable bonds is 4. The number of aromatic nitrogens is 3. The van der Waals surface area contributed by atoms with Crippen LogP contribution in [0.15, 0.2) is 46.8 Å². The molecule has 0 saturated heterocycles. The van der Waals surface area contributed by atoms with E-state index in [2.05, 4.69) is 39.1 Å². The van der Waals surface area contributed by atoms with Crippen molar-refractivity contribution in [3.8, 4) is 0 Å².